The molecule has 0 amide bonds. The monoisotopic (exact) mass is 383 g/mol. The van der Waals surface area contributed by atoms with Gasteiger partial charge in [-0.2, -0.15) is 0 Å². The molecule has 0 fully saturated rings. The molecule has 1 heterocycles. The fourth-order valence-electron chi connectivity index (χ4n) is 1.46. The van der Waals surface area contributed by atoms with Gasteiger partial charge in [-0.3, -0.25) is 0 Å². The Hall–Kier alpha value is -1.21. The van der Waals surface area contributed by atoms with Gasteiger partial charge in [0.1, 0.15) is 5.75 Å². The minimum absolute atomic E-state index is 0.0797. The number of halogens is 1. The summed E-state index contributed by atoms with van der Waals surface area (Å²) in [5.74, 6) is 0.742. The van der Waals surface area contributed by atoms with Gasteiger partial charge >= 0.3 is 6.01 Å². The molecule has 20 heavy (non-hydrogen) atoms. The van der Waals surface area contributed by atoms with E-state index in [2.05, 4.69) is 58.6 Å². The van der Waals surface area contributed by atoms with Crippen LogP contribution in [0.15, 0.2) is 36.7 Å². The maximum Gasteiger partial charge on any atom is 0.321 e. The van der Waals surface area contributed by atoms with E-state index in [1.165, 1.54) is 3.57 Å². The first-order valence-electron chi connectivity index (χ1n) is 6.42. The summed E-state index contributed by atoms with van der Waals surface area (Å²) in [7, 11) is 0. The van der Waals surface area contributed by atoms with E-state index in [1.54, 1.807) is 12.4 Å². The lowest BCUT2D eigenvalue weighted by molar-refractivity contribution is 0.420. The quantitative estimate of drug-likeness (QED) is 0.817. The zero-order valence-corrected chi connectivity index (χ0v) is 14.0. The van der Waals surface area contributed by atoms with Crippen LogP contribution in [0, 0.1) is 3.57 Å². The molecular weight excluding hydrogens is 365 g/mol. The van der Waals surface area contributed by atoms with Crippen LogP contribution < -0.4 is 10.1 Å². The first-order chi connectivity index (χ1) is 9.42. The molecule has 0 aliphatic rings. The highest BCUT2D eigenvalue weighted by Crippen LogP contribution is 2.18. The highest BCUT2D eigenvalue weighted by molar-refractivity contribution is 14.1. The summed E-state index contributed by atoms with van der Waals surface area (Å²) >= 11 is 2.25. The second-order valence-electron chi connectivity index (χ2n) is 5.53. The molecule has 0 atom stereocenters. The smallest absolute Gasteiger partial charge is 0.321 e. The number of aromatic nitrogens is 2. The average Bonchev–Trinajstić information content (AvgIpc) is 2.40. The lowest BCUT2D eigenvalue weighted by atomic mass is 10.1. The van der Waals surface area contributed by atoms with Crippen molar-refractivity contribution in [3.63, 3.8) is 0 Å². The summed E-state index contributed by atoms with van der Waals surface area (Å²) in [5.41, 5.74) is 1.12. The number of ether oxygens (including phenoxy) is 1. The van der Waals surface area contributed by atoms with Crippen LogP contribution in [0.25, 0.3) is 0 Å². The van der Waals surface area contributed by atoms with E-state index in [0.717, 1.165) is 17.9 Å². The molecule has 0 radical (unpaired) electrons. The maximum atomic E-state index is 5.59. The Kier molecular flexibility index (Phi) is 4.93. The van der Waals surface area contributed by atoms with Gasteiger partial charge in [0.05, 0.1) is 0 Å². The molecule has 2 aromatic rings. The lowest BCUT2D eigenvalue weighted by Gasteiger charge is -2.20. The summed E-state index contributed by atoms with van der Waals surface area (Å²) in [5, 5.41) is 3.39. The topological polar surface area (TPSA) is 47.0 Å². The van der Waals surface area contributed by atoms with E-state index in [0.29, 0.717) is 6.01 Å². The summed E-state index contributed by atoms with van der Waals surface area (Å²) in [6, 6.07) is 8.14. The Morgan fingerprint density at radius 2 is 1.70 bits per heavy atom. The fraction of sp³-hybridized carbons (Fsp3) is 0.333. The van der Waals surface area contributed by atoms with Gasteiger partial charge in [0.15, 0.2) is 0 Å². The predicted octanol–water partition coefficient (Wildman–Crippen LogP) is 3.76. The number of benzene rings is 1. The van der Waals surface area contributed by atoms with Crippen LogP contribution in [0.2, 0.25) is 0 Å². The minimum Gasteiger partial charge on any atom is -0.424 e. The van der Waals surface area contributed by atoms with Gasteiger partial charge in [-0.25, -0.2) is 9.97 Å². The lowest BCUT2D eigenvalue weighted by Crippen LogP contribution is -2.35. The average molecular weight is 383 g/mol. The molecule has 106 valence electrons. The number of rotatable bonds is 4. The molecule has 0 spiro atoms. The second-order valence-corrected chi connectivity index (χ2v) is 6.78. The first-order valence-corrected chi connectivity index (χ1v) is 7.50. The molecule has 1 N–H and O–H groups in total. The van der Waals surface area contributed by atoms with Crippen LogP contribution in [0.4, 0.5) is 0 Å². The van der Waals surface area contributed by atoms with Crippen LogP contribution >= 0.6 is 22.6 Å². The van der Waals surface area contributed by atoms with Crippen LogP contribution in [-0.2, 0) is 6.54 Å². The largest absolute Gasteiger partial charge is 0.424 e. The fourth-order valence-corrected chi connectivity index (χ4v) is 1.82. The number of nitrogens with one attached hydrogen (secondary N) is 1. The van der Waals surface area contributed by atoms with Gasteiger partial charge in [-0.05, 0) is 67.6 Å². The van der Waals surface area contributed by atoms with Crippen molar-refractivity contribution in [3.05, 3.63) is 45.8 Å². The van der Waals surface area contributed by atoms with E-state index < -0.39 is 0 Å². The molecule has 0 aliphatic heterocycles. The van der Waals surface area contributed by atoms with Crippen molar-refractivity contribution in [3.8, 4) is 11.8 Å². The Morgan fingerprint density at radius 1 is 1.10 bits per heavy atom. The normalized spacial score (nSPS) is 11.4. The Bertz CT molecular complexity index is 547. The van der Waals surface area contributed by atoms with Crippen LogP contribution in [0.1, 0.15) is 26.3 Å². The minimum atomic E-state index is 0.0797. The van der Waals surface area contributed by atoms with Crippen molar-refractivity contribution in [2.45, 2.75) is 32.9 Å². The standard InChI is InChI=1S/C15H18IN3O/c1-15(2,3)19-10-11-8-17-14(18-9-11)20-13-6-4-12(16)5-7-13/h4-9,19H,10H2,1-3H3. The van der Waals surface area contributed by atoms with Gasteiger partial charge < -0.3 is 10.1 Å². The molecule has 1 aromatic heterocycles. The van der Waals surface area contributed by atoms with Crippen LogP contribution in [0.3, 0.4) is 0 Å². The van der Waals surface area contributed by atoms with E-state index in [4.69, 9.17) is 4.74 Å². The number of hydrogen-bond acceptors (Lipinski definition) is 4. The van der Waals surface area contributed by atoms with Crippen LogP contribution in [0.5, 0.6) is 11.8 Å². The highest BCUT2D eigenvalue weighted by atomic mass is 127. The van der Waals surface area contributed by atoms with Crippen molar-refractivity contribution in [2.24, 2.45) is 0 Å². The van der Waals surface area contributed by atoms with E-state index in [-0.39, 0.29) is 5.54 Å². The molecule has 1 aromatic carbocycles. The van der Waals surface area contributed by atoms with E-state index >= 15 is 0 Å². The Labute approximate surface area is 133 Å². The molecule has 5 heteroatoms. The van der Waals surface area contributed by atoms with E-state index in [1.807, 2.05) is 24.3 Å². The summed E-state index contributed by atoms with van der Waals surface area (Å²) in [4.78, 5) is 8.44. The summed E-state index contributed by atoms with van der Waals surface area (Å²) in [6.45, 7) is 7.12. The second kappa shape index (κ2) is 6.49. The molecule has 0 aliphatic carbocycles. The van der Waals surface area contributed by atoms with Crippen LogP contribution in [-0.4, -0.2) is 15.5 Å². The van der Waals surface area contributed by atoms with Gasteiger partial charge in [0.2, 0.25) is 0 Å². The maximum absolute atomic E-state index is 5.59. The third-order valence-corrected chi connectivity index (χ3v) is 3.25. The zero-order chi connectivity index (χ0) is 14.6. The van der Waals surface area contributed by atoms with Crippen molar-refractivity contribution < 1.29 is 4.74 Å². The van der Waals surface area contributed by atoms with Crippen molar-refractivity contribution in [1.82, 2.24) is 15.3 Å². The first kappa shape index (κ1) is 15.2. The highest BCUT2D eigenvalue weighted by Gasteiger charge is 2.09. The molecule has 2 rings (SSSR count). The number of nitrogens with zero attached hydrogens (tertiary/aromatic N) is 2. The molecular formula is C15H18IN3O. The molecule has 0 saturated heterocycles. The third-order valence-electron chi connectivity index (χ3n) is 2.53. The summed E-state index contributed by atoms with van der Waals surface area (Å²) in [6.07, 6.45) is 3.57. The van der Waals surface area contributed by atoms with Gasteiger partial charge in [0.25, 0.3) is 0 Å². The predicted molar refractivity (Wildman–Crippen MR) is 87.9 cm³/mol. The molecule has 0 bridgehead atoms. The Balaban J connectivity index is 1.96. The van der Waals surface area contributed by atoms with Crippen molar-refractivity contribution >= 4 is 22.6 Å². The summed E-state index contributed by atoms with van der Waals surface area (Å²) < 4.78 is 6.75. The molecule has 4 nitrogen and oxygen atoms in total. The number of hydrogen-bond donors (Lipinski definition) is 1. The van der Waals surface area contributed by atoms with Gasteiger partial charge in [0, 0.05) is 33.6 Å². The van der Waals surface area contributed by atoms with Gasteiger partial charge in [-0.1, -0.05) is 0 Å². The van der Waals surface area contributed by atoms with Crippen molar-refractivity contribution in [2.75, 3.05) is 0 Å². The van der Waals surface area contributed by atoms with Gasteiger partial charge in [-0.15, -0.1) is 0 Å². The van der Waals surface area contributed by atoms with E-state index in [9.17, 15) is 0 Å². The van der Waals surface area contributed by atoms with Crippen molar-refractivity contribution in [1.29, 1.82) is 0 Å². The SMILES string of the molecule is CC(C)(C)NCc1cnc(Oc2ccc(I)cc2)nc1. The molecule has 0 unspecified atom stereocenters. The Morgan fingerprint density at radius 3 is 2.25 bits per heavy atom. The third kappa shape index (κ3) is 5.05. The molecule has 0 saturated carbocycles. The zero-order valence-electron chi connectivity index (χ0n) is 11.9.